The lowest BCUT2D eigenvalue weighted by Crippen LogP contribution is -2.13. The second-order valence-electron chi connectivity index (χ2n) is 5.07. The average molecular weight is 331 g/mol. The molecule has 0 saturated carbocycles. The number of benzene rings is 1. The number of anilines is 1. The maximum absolute atomic E-state index is 12.9. The standard InChI is InChI=1S/C18H10FN5O/c19-14-2-4-15(5-3-14)23-18(25)13(9-21)7-16-10-22-17-6-1-12(8-20)11-24(16)17/h1-7,10-11H,(H,23,25)/b13-7+. The van der Waals surface area contributed by atoms with Gasteiger partial charge in [0.1, 0.15) is 29.2 Å². The van der Waals surface area contributed by atoms with Crippen molar-refractivity contribution in [2.45, 2.75) is 0 Å². The normalized spacial score (nSPS) is 10.9. The van der Waals surface area contributed by atoms with Gasteiger partial charge in [-0.3, -0.25) is 9.20 Å². The number of hydrogen-bond donors (Lipinski definition) is 1. The molecule has 2 aromatic heterocycles. The molecule has 2 heterocycles. The Morgan fingerprint density at radius 2 is 1.96 bits per heavy atom. The fourth-order valence-corrected chi connectivity index (χ4v) is 2.20. The molecule has 120 valence electrons. The van der Waals surface area contributed by atoms with Crippen molar-refractivity contribution in [3.8, 4) is 12.1 Å². The summed E-state index contributed by atoms with van der Waals surface area (Å²) in [5.41, 5.74) is 1.72. The summed E-state index contributed by atoms with van der Waals surface area (Å²) in [6.45, 7) is 0. The SMILES string of the molecule is N#C/C(=C\c1cnc2ccc(C#N)cn12)C(=O)Nc1ccc(F)cc1. The molecule has 0 radical (unpaired) electrons. The lowest BCUT2D eigenvalue weighted by atomic mass is 10.2. The Labute approximate surface area is 142 Å². The van der Waals surface area contributed by atoms with Crippen molar-refractivity contribution in [3.05, 3.63) is 71.4 Å². The first kappa shape index (κ1) is 15.9. The van der Waals surface area contributed by atoms with Crippen LogP contribution in [0, 0.1) is 28.5 Å². The van der Waals surface area contributed by atoms with Crippen LogP contribution in [0.5, 0.6) is 0 Å². The number of imidazole rings is 1. The number of aromatic nitrogens is 2. The monoisotopic (exact) mass is 331 g/mol. The van der Waals surface area contributed by atoms with Crippen molar-refractivity contribution in [3.63, 3.8) is 0 Å². The third-order valence-electron chi connectivity index (χ3n) is 3.42. The number of halogens is 1. The van der Waals surface area contributed by atoms with Crippen molar-refractivity contribution in [1.82, 2.24) is 9.38 Å². The molecule has 0 aliphatic heterocycles. The van der Waals surface area contributed by atoms with Crippen LogP contribution >= 0.6 is 0 Å². The zero-order valence-corrected chi connectivity index (χ0v) is 12.8. The molecule has 0 saturated heterocycles. The van der Waals surface area contributed by atoms with Crippen LogP contribution in [-0.4, -0.2) is 15.3 Å². The van der Waals surface area contributed by atoms with Gasteiger partial charge in [-0.05, 0) is 42.5 Å². The van der Waals surface area contributed by atoms with Gasteiger partial charge < -0.3 is 5.32 Å². The minimum atomic E-state index is -0.625. The molecule has 25 heavy (non-hydrogen) atoms. The fourth-order valence-electron chi connectivity index (χ4n) is 2.20. The predicted molar refractivity (Wildman–Crippen MR) is 88.5 cm³/mol. The maximum Gasteiger partial charge on any atom is 0.266 e. The van der Waals surface area contributed by atoms with Crippen LogP contribution in [0.25, 0.3) is 11.7 Å². The highest BCUT2D eigenvalue weighted by Gasteiger charge is 2.11. The van der Waals surface area contributed by atoms with Crippen LogP contribution in [0.4, 0.5) is 10.1 Å². The lowest BCUT2D eigenvalue weighted by molar-refractivity contribution is -0.112. The van der Waals surface area contributed by atoms with Crippen LogP contribution in [0.1, 0.15) is 11.3 Å². The molecule has 1 N–H and O–H groups in total. The Kier molecular flexibility index (Phi) is 4.23. The van der Waals surface area contributed by atoms with Gasteiger partial charge >= 0.3 is 0 Å². The molecule has 0 fully saturated rings. The second-order valence-corrected chi connectivity index (χ2v) is 5.07. The minimum absolute atomic E-state index is 0.145. The van der Waals surface area contributed by atoms with Gasteiger partial charge in [0.05, 0.1) is 17.5 Å². The Morgan fingerprint density at radius 1 is 1.20 bits per heavy atom. The molecular formula is C18H10FN5O. The highest BCUT2D eigenvalue weighted by Crippen LogP contribution is 2.14. The summed E-state index contributed by atoms with van der Waals surface area (Å²) in [6.07, 6.45) is 4.44. The van der Waals surface area contributed by atoms with Gasteiger partial charge in [-0.1, -0.05) is 0 Å². The third-order valence-corrected chi connectivity index (χ3v) is 3.42. The number of fused-ring (bicyclic) bond motifs is 1. The van der Waals surface area contributed by atoms with Crippen LogP contribution in [0.3, 0.4) is 0 Å². The topological polar surface area (TPSA) is 94.0 Å². The number of pyridine rings is 1. The van der Waals surface area contributed by atoms with Crippen molar-refractivity contribution >= 4 is 23.3 Å². The summed E-state index contributed by atoms with van der Waals surface area (Å²) in [4.78, 5) is 16.4. The van der Waals surface area contributed by atoms with Gasteiger partial charge in [-0.15, -0.1) is 0 Å². The molecule has 0 aliphatic rings. The van der Waals surface area contributed by atoms with E-state index in [1.807, 2.05) is 12.1 Å². The predicted octanol–water partition coefficient (Wildman–Crippen LogP) is 2.89. The molecule has 0 atom stereocenters. The van der Waals surface area contributed by atoms with E-state index in [2.05, 4.69) is 10.3 Å². The third kappa shape index (κ3) is 3.36. The fraction of sp³-hybridized carbons (Fsp3) is 0. The average Bonchev–Trinajstić information content (AvgIpc) is 3.03. The van der Waals surface area contributed by atoms with Crippen LogP contribution in [0.2, 0.25) is 0 Å². The van der Waals surface area contributed by atoms with Gasteiger partial charge in [0.2, 0.25) is 0 Å². The van der Waals surface area contributed by atoms with Gasteiger partial charge in [-0.25, -0.2) is 9.37 Å². The molecule has 7 heteroatoms. The second kappa shape index (κ2) is 6.65. The van der Waals surface area contributed by atoms with Crippen LogP contribution in [-0.2, 0) is 4.79 Å². The maximum atomic E-state index is 12.9. The number of carbonyl (C=O) groups is 1. The highest BCUT2D eigenvalue weighted by atomic mass is 19.1. The van der Waals surface area contributed by atoms with Crippen molar-refractivity contribution in [2.75, 3.05) is 5.32 Å². The molecule has 6 nitrogen and oxygen atoms in total. The molecule has 0 aliphatic carbocycles. The number of nitrogens with one attached hydrogen (secondary N) is 1. The summed E-state index contributed by atoms with van der Waals surface area (Å²) in [7, 11) is 0. The van der Waals surface area contributed by atoms with Crippen LogP contribution < -0.4 is 5.32 Å². The first-order valence-electron chi connectivity index (χ1n) is 7.16. The van der Waals surface area contributed by atoms with E-state index >= 15 is 0 Å². The van der Waals surface area contributed by atoms with E-state index in [-0.39, 0.29) is 5.57 Å². The molecule has 0 spiro atoms. The van der Waals surface area contributed by atoms with Crippen LogP contribution in [0.15, 0.2) is 54.4 Å². The quantitative estimate of drug-likeness (QED) is 0.590. The summed E-state index contributed by atoms with van der Waals surface area (Å²) in [5.74, 6) is -1.05. The van der Waals surface area contributed by atoms with Crippen molar-refractivity contribution in [1.29, 1.82) is 10.5 Å². The Morgan fingerprint density at radius 3 is 2.64 bits per heavy atom. The van der Waals surface area contributed by atoms with E-state index in [4.69, 9.17) is 5.26 Å². The highest BCUT2D eigenvalue weighted by molar-refractivity contribution is 6.09. The first-order chi connectivity index (χ1) is 12.1. The van der Waals surface area contributed by atoms with E-state index in [1.54, 1.807) is 22.7 Å². The van der Waals surface area contributed by atoms with Gasteiger partial charge in [0.25, 0.3) is 5.91 Å². The molecule has 3 aromatic rings. The zero-order chi connectivity index (χ0) is 17.8. The molecule has 0 bridgehead atoms. The number of carbonyl (C=O) groups excluding carboxylic acids is 1. The summed E-state index contributed by atoms with van der Waals surface area (Å²) in [5, 5.41) is 20.8. The largest absolute Gasteiger partial charge is 0.321 e. The lowest BCUT2D eigenvalue weighted by Gasteiger charge is -2.04. The number of rotatable bonds is 3. The van der Waals surface area contributed by atoms with E-state index in [1.165, 1.54) is 36.5 Å². The molecule has 1 aromatic carbocycles. The van der Waals surface area contributed by atoms with E-state index in [9.17, 15) is 14.4 Å². The Balaban J connectivity index is 1.92. The summed E-state index contributed by atoms with van der Waals surface area (Å²) >= 11 is 0. The van der Waals surface area contributed by atoms with E-state index in [0.29, 0.717) is 22.6 Å². The summed E-state index contributed by atoms with van der Waals surface area (Å²) < 4.78 is 14.5. The molecule has 1 amide bonds. The van der Waals surface area contributed by atoms with Gasteiger partial charge in [0, 0.05) is 11.9 Å². The number of nitrogens with zero attached hydrogens (tertiary/aromatic N) is 4. The van der Waals surface area contributed by atoms with Crippen molar-refractivity contribution in [2.24, 2.45) is 0 Å². The van der Waals surface area contributed by atoms with Gasteiger partial charge in [-0.2, -0.15) is 10.5 Å². The molecule has 3 rings (SSSR count). The number of amides is 1. The summed E-state index contributed by atoms with van der Waals surface area (Å²) in [6, 6.07) is 12.4. The Hall–Kier alpha value is -3.97. The van der Waals surface area contributed by atoms with E-state index < -0.39 is 11.7 Å². The number of nitriles is 2. The first-order valence-corrected chi connectivity index (χ1v) is 7.16. The van der Waals surface area contributed by atoms with E-state index in [0.717, 1.165) is 0 Å². The molecule has 0 unspecified atom stereocenters. The van der Waals surface area contributed by atoms with Crippen molar-refractivity contribution < 1.29 is 9.18 Å². The van der Waals surface area contributed by atoms with Gasteiger partial charge in [0.15, 0.2) is 0 Å². The minimum Gasteiger partial charge on any atom is -0.321 e. The Bertz CT molecular complexity index is 1070. The number of hydrogen-bond acceptors (Lipinski definition) is 4. The zero-order valence-electron chi connectivity index (χ0n) is 12.8. The smallest absolute Gasteiger partial charge is 0.266 e. The molecular weight excluding hydrogens is 321 g/mol.